The summed E-state index contributed by atoms with van der Waals surface area (Å²) in [7, 11) is 0. The van der Waals surface area contributed by atoms with Gasteiger partial charge in [-0.05, 0) is 0 Å². The van der Waals surface area contributed by atoms with Gasteiger partial charge in [0.05, 0.1) is 8.41 Å². The van der Waals surface area contributed by atoms with E-state index in [9.17, 15) is 0 Å². The summed E-state index contributed by atoms with van der Waals surface area (Å²) in [5.74, 6) is 0. The van der Waals surface area contributed by atoms with E-state index < -0.39 is 0 Å². The molecule has 24 valence electrons. The van der Waals surface area contributed by atoms with Gasteiger partial charge in [0.2, 0.25) is 0 Å². The molecule has 0 aliphatic carbocycles. The molecule has 0 bridgehead atoms. The van der Waals surface area contributed by atoms with Crippen LogP contribution in [0, 0.1) is 0 Å². The summed E-state index contributed by atoms with van der Waals surface area (Å²) in [5, 5.41) is 0. The van der Waals surface area contributed by atoms with E-state index in [-0.39, 0.29) is 25.8 Å². The number of hydrogen-bond donors (Lipinski definition) is 0. The van der Waals surface area contributed by atoms with Crippen molar-refractivity contribution in [2.75, 3.05) is 0 Å². The summed E-state index contributed by atoms with van der Waals surface area (Å²) in [6.45, 7) is 0. The van der Waals surface area contributed by atoms with E-state index in [1.165, 1.54) is 22.3 Å². The molecular formula is H6AlBFeZr. The Morgan fingerprint density at radius 2 is 1.25 bits per heavy atom. The molecule has 0 amide bonds. The van der Waals surface area contributed by atoms with Gasteiger partial charge in [-0.15, -0.1) is 0 Å². The van der Waals surface area contributed by atoms with E-state index >= 15 is 0 Å². The van der Waals surface area contributed by atoms with Gasteiger partial charge in [0.25, 0.3) is 0 Å². The van der Waals surface area contributed by atoms with Crippen LogP contribution >= 0.6 is 0 Å². The van der Waals surface area contributed by atoms with Crippen LogP contribution in [0.1, 0.15) is 0 Å². The molecule has 0 fully saturated rings. The average molecular weight is 191 g/mol. The molecule has 0 aliphatic heterocycles. The van der Waals surface area contributed by atoms with E-state index in [0.29, 0.717) is 0 Å². The topological polar surface area (TPSA) is 0 Å². The Hall–Kier alpha value is 2.00. The molecule has 0 aromatic heterocycles. The van der Waals surface area contributed by atoms with Gasteiger partial charge in [0.15, 0.2) is 17.4 Å². The fourth-order valence-electron chi connectivity index (χ4n) is 0. The summed E-state index contributed by atoms with van der Waals surface area (Å²) in [5.41, 5.74) is 0. The molecule has 0 aliphatic rings. The van der Waals surface area contributed by atoms with Crippen LogP contribution in [0.15, 0.2) is 0 Å². The molecule has 0 saturated carbocycles. The molecular weight excluding hydrogens is 185 g/mol. The zero-order valence-corrected chi connectivity index (χ0v) is 4.42. The second-order valence-corrected chi connectivity index (χ2v) is 0. The predicted molar refractivity (Wildman–Crippen MR) is 19.9 cm³/mol. The molecule has 0 N–H and O–H groups in total. The molecule has 0 heterocycles. The van der Waals surface area contributed by atoms with Crippen LogP contribution in [0.2, 0.25) is 0 Å². The Morgan fingerprint density at radius 3 is 1.25 bits per heavy atom. The Bertz CT molecular complexity index is 8.00. The minimum atomic E-state index is 0. The van der Waals surface area contributed by atoms with Gasteiger partial charge in [-0.3, -0.25) is 0 Å². The Morgan fingerprint density at radius 1 is 1.25 bits per heavy atom. The standard InChI is InChI=1S/Al.BH3.Fe.Zr.3H/h;1H3;;;;;. The SMILES string of the molecule is B.[AlH3].[Fe][Zr]. The van der Waals surface area contributed by atoms with E-state index in [2.05, 4.69) is 12.3 Å². The third-order valence-electron chi connectivity index (χ3n) is 0. The molecule has 0 aromatic carbocycles. The average Bonchev–Trinajstić information content (AvgIpc) is 1.00. The van der Waals surface area contributed by atoms with Gasteiger partial charge in [-0.2, -0.15) is 0 Å². The normalized spacial score (nSPS) is 1.00. The molecule has 0 atom stereocenters. The molecule has 0 rings (SSSR count). The quantitative estimate of drug-likeness (QED) is 0.375. The van der Waals surface area contributed by atoms with Crippen LogP contribution in [0.5, 0.6) is 0 Å². The van der Waals surface area contributed by atoms with Crippen molar-refractivity contribution < 1.29 is 34.6 Å². The first-order valence-electron chi connectivity index (χ1n) is 0.177. The van der Waals surface area contributed by atoms with E-state index in [1.54, 1.807) is 0 Å². The van der Waals surface area contributed by atoms with E-state index in [4.69, 9.17) is 0 Å². The molecule has 0 unspecified atom stereocenters. The summed E-state index contributed by atoms with van der Waals surface area (Å²) in [6, 6.07) is 0. The Balaban J connectivity index is -0.00000000500. The molecule has 0 radical (unpaired) electrons. The third-order valence-corrected chi connectivity index (χ3v) is 0. The Kier molecular flexibility index (Phi) is 83.3. The minimum absolute atomic E-state index is 0. The van der Waals surface area contributed by atoms with Crippen molar-refractivity contribution in [2.45, 2.75) is 0 Å². The van der Waals surface area contributed by atoms with E-state index in [0.717, 1.165) is 0 Å². The molecule has 0 spiro atoms. The zero-order valence-electron chi connectivity index (χ0n) is 0.854. The van der Waals surface area contributed by atoms with Crippen molar-refractivity contribution in [1.29, 1.82) is 0 Å². The van der Waals surface area contributed by atoms with Crippen molar-refractivity contribution in [3.63, 3.8) is 0 Å². The maximum atomic E-state index is 3.34. The fraction of sp³-hybridized carbons (Fsp3) is 0. The molecule has 0 saturated heterocycles. The monoisotopic (exact) mass is 190 g/mol. The summed E-state index contributed by atoms with van der Waals surface area (Å²) >= 11 is 4.64. The van der Waals surface area contributed by atoms with Gasteiger partial charge >= 0.3 is 34.6 Å². The van der Waals surface area contributed by atoms with Crippen LogP contribution in [-0.2, 0) is 34.6 Å². The first kappa shape index (κ1) is 16.7. The van der Waals surface area contributed by atoms with Gasteiger partial charge in [0.1, 0.15) is 0 Å². The van der Waals surface area contributed by atoms with Crippen molar-refractivity contribution >= 4 is 25.8 Å². The first-order chi connectivity index (χ1) is 1.00. The molecule has 0 nitrogen and oxygen atoms in total. The third kappa shape index (κ3) is 9.00. The van der Waals surface area contributed by atoms with E-state index in [1.807, 2.05) is 0 Å². The van der Waals surface area contributed by atoms with Gasteiger partial charge in [-0.1, -0.05) is 0 Å². The zero-order chi connectivity index (χ0) is 2.00. The summed E-state index contributed by atoms with van der Waals surface area (Å²) in [6.07, 6.45) is 0. The first-order valence-corrected chi connectivity index (χ1v) is 4.31. The van der Waals surface area contributed by atoms with Crippen LogP contribution in [0.25, 0.3) is 0 Å². The fourth-order valence-corrected chi connectivity index (χ4v) is 0. The Labute approximate surface area is 59.8 Å². The second-order valence-electron chi connectivity index (χ2n) is 0. The second kappa shape index (κ2) is 20.0. The van der Waals surface area contributed by atoms with Crippen molar-refractivity contribution in [3.05, 3.63) is 0 Å². The van der Waals surface area contributed by atoms with Crippen molar-refractivity contribution in [3.8, 4) is 0 Å². The molecule has 4 heteroatoms. The van der Waals surface area contributed by atoms with Crippen LogP contribution < -0.4 is 0 Å². The number of rotatable bonds is 0. The molecule has 4 heavy (non-hydrogen) atoms. The van der Waals surface area contributed by atoms with Gasteiger partial charge in [0, 0.05) is 0 Å². The van der Waals surface area contributed by atoms with Crippen LogP contribution in [0.4, 0.5) is 0 Å². The maximum absolute atomic E-state index is 3.34. The number of hydrogen-bond acceptors (Lipinski definition) is 0. The predicted octanol–water partition coefficient (Wildman–Crippen LogP) is -2.37. The van der Waals surface area contributed by atoms with Gasteiger partial charge < -0.3 is 0 Å². The van der Waals surface area contributed by atoms with Crippen LogP contribution in [0.3, 0.4) is 0 Å². The summed E-state index contributed by atoms with van der Waals surface area (Å²) in [4.78, 5) is 0. The van der Waals surface area contributed by atoms with Crippen molar-refractivity contribution in [2.24, 2.45) is 0 Å². The van der Waals surface area contributed by atoms with Crippen LogP contribution in [-0.4, -0.2) is 25.8 Å². The summed E-state index contributed by atoms with van der Waals surface area (Å²) < 4.78 is 0. The molecule has 0 aromatic rings. The van der Waals surface area contributed by atoms with Gasteiger partial charge in [-0.25, -0.2) is 0 Å². The van der Waals surface area contributed by atoms with Crippen molar-refractivity contribution in [1.82, 2.24) is 0 Å².